The van der Waals surface area contributed by atoms with Crippen LogP contribution in [0.5, 0.6) is 5.75 Å². The summed E-state index contributed by atoms with van der Waals surface area (Å²) in [5, 5.41) is 5.63. The predicted octanol–water partition coefficient (Wildman–Crippen LogP) is 3.30. The molecule has 0 aliphatic heterocycles. The molecule has 1 rings (SSSR count). The molecule has 0 heterocycles. The van der Waals surface area contributed by atoms with E-state index < -0.39 is 18.1 Å². The van der Waals surface area contributed by atoms with Crippen molar-refractivity contribution in [2.45, 2.75) is 52.7 Å². The van der Waals surface area contributed by atoms with E-state index in [4.69, 9.17) is 21.1 Å². The summed E-state index contributed by atoms with van der Waals surface area (Å²) in [6.07, 6.45) is -0.385. The van der Waals surface area contributed by atoms with Gasteiger partial charge >= 0.3 is 12.1 Å². The number of rotatable bonds is 9. The smallest absolute Gasteiger partial charge is 0.408 e. The minimum absolute atomic E-state index is 0.116. The molecular weight excluding hydrogens is 372 g/mol. The van der Waals surface area contributed by atoms with Gasteiger partial charge in [-0.1, -0.05) is 37.6 Å². The largest absolute Gasteiger partial charge is 0.447 e. The molecule has 1 atom stereocenters. The average molecular weight is 399 g/mol. The monoisotopic (exact) mass is 398 g/mol. The van der Waals surface area contributed by atoms with E-state index in [1.165, 1.54) is 0 Å². The van der Waals surface area contributed by atoms with Crippen LogP contribution in [-0.2, 0) is 14.3 Å². The highest BCUT2D eigenvalue weighted by Gasteiger charge is 2.24. The van der Waals surface area contributed by atoms with Crippen molar-refractivity contribution in [2.24, 2.45) is 5.92 Å². The van der Waals surface area contributed by atoms with Gasteiger partial charge in [0.05, 0.1) is 11.1 Å². The molecule has 0 spiro atoms. The Bertz CT molecular complexity index is 649. The van der Waals surface area contributed by atoms with Gasteiger partial charge in [-0.05, 0) is 38.3 Å². The molecule has 27 heavy (non-hydrogen) atoms. The Morgan fingerprint density at radius 2 is 1.78 bits per heavy atom. The number of ether oxygens (including phenoxy) is 2. The second kappa shape index (κ2) is 11.4. The molecule has 0 radical (unpaired) electrons. The third-order valence-corrected chi connectivity index (χ3v) is 3.79. The number of hydrogen-bond donors (Lipinski definition) is 2. The van der Waals surface area contributed by atoms with E-state index in [0.29, 0.717) is 17.2 Å². The van der Waals surface area contributed by atoms with Crippen LogP contribution in [0.15, 0.2) is 24.3 Å². The van der Waals surface area contributed by atoms with Crippen LogP contribution in [0.25, 0.3) is 0 Å². The van der Waals surface area contributed by atoms with E-state index in [9.17, 15) is 14.4 Å². The molecule has 0 aromatic heterocycles. The lowest BCUT2D eigenvalue weighted by atomic mass is 10.0. The fourth-order valence-corrected chi connectivity index (χ4v) is 2.34. The highest BCUT2D eigenvalue weighted by molar-refractivity contribution is 6.32. The predicted molar refractivity (Wildman–Crippen MR) is 103 cm³/mol. The first-order valence-electron chi connectivity index (χ1n) is 8.90. The number of amides is 2. The minimum Gasteiger partial charge on any atom is -0.447 e. The van der Waals surface area contributed by atoms with Crippen LogP contribution in [0.4, 0.5) is 4.79 Å². The molecule has 0 bridgehead atoms. The van der Waals surface area contributed by atoms with Crippen molar-refractivity contribution in [3.8, 4) is 5.75 Å². The van der Waals surface area contributed by atoms with Crippen LogP contribution in [0.1, 0.15) is 40.5 Å². The van der Waals surface area contributed by atoms with Crippen molar-refractivity contribution in [1.82, 2.24) is 10.6 Å². The molecule has 150 valence electrons. The SMILES string of the molecule is CC(C)OC(=O)N[C@H](C(=O)NCCCC(=O)Oc1ccccc1Cl)C(C)C. The normalized spacial score (nSPS) is 11.8. The second-order valence-corrected chi connectivity index (χ2v) is 7.03. The molecule has 0 aliphatic rings. The summed E-state index contributed by atoms with van der Waals surface area (Å²) in [4.78, 5) is 35.8. The number of benzene rings is 1. The zero-order valence-electron chi connectivity index (χ0n) is 16.1. The van der Waals surface area contributed by atoms with Crippen molar-refractivity contribution >= 4 is 29.6 Å². The zero-order chi connectivity index (χ0) is 20.4. The lowest BCUT2D eigenvalue weighted by Crippen LogP contribution is -2.50. The van der Waals surface area contributed by atoms with Gasteiger partial charge in [0.1, 0.15) is 11.8 Å². The van der Waals surface area contributed by atoms with Crippen LogP contribution in [-0.4, -0.2) is 36.7 Å². The Morgan fingerprint density at radius 3 is 2.37 bits per heavy atom. The number of para-hydroxylation sites is 1. The van der Waals surface area contributed by atoms with Crippen molar-refractivity contribution in [3.05, 3.63) is 29.3 Å². The number of carbonyl (C=O) groups is 3. The van der Waals surface area contributed by atoms with Crippen molar-refractivity contribution in [3.63, 3.8) is 0 Å². The van der Waals surface area contributed by atoms with E-state index in [0.717, 1.165) is 0 Å². The van der Waals surface area contributed by atoms with Gasteiger partial charge in [0.2, 0.25) is 5.91 Å². The third-order valence-electron chi connectivity index (χ3n) is 3.48. The van der Waals surface area contributed by atoms with Crippen LogP contribution in [0.3, 0.4) is 0 Å². The Labute approximate surface area is 164 Å². The topological polar surface area (TPSA) is 93.7 Å². The Morgan fingerprint density at radius 1 is 1.11 bits per heavy atom. The van der Waals surface area contributed by atoms with E-state index >= 15 is 0 Å². The van der Waals surface area contributed by atoms with Crippen LogP contribution in [0, 0.1) is 5.92 Å². The molecule has 0 saturated carbocycles. The first kappa shape index (κ1) is 22.8. The highest BCUT2D eigenvalue weighted by atomic mass is 35.5. The maximum Gasteiger partial charge on any atom is 0.408 e. The fraction of sp³-hybridized carbons (Fsp3) is 0.526. The molecule has 1 aromatic rings. The van der Waals surface area contributed by atoms with E-state index in [1.54, 1.807) is 38.1 Å². The summed E-state index contributed by atoms with van der Waals surface area (Å²) in [6.45, 7) is 7.37. The molecule has 0 saturated heterocycles. The number of hydrogen-bond acceptors (Lipinski definition) is 5. The fourth-order valence-electron chi connectivity index (χ4n) is 2.17. The second-order valence-electron chi connectivity index (χ2n) is 6.62. The van der Waals surface area contributed by atoms with Gasteiger partial charge in [-0.15, -0.1) is 0 Å². The maximum atomic E-state index is 12.3. The van der Waals surface area contributed by atoms with Gasteiger partial charge < -0.3 is 20.1 Å². The lowest BCUT2D eigenvalue weighted by Gasteiger charge is -2.22. The standard InChI is InChI=1S/C19H27ClN2O5/c1-12(2)17(22-19(25)26-13(3)4)18(24)21-11-7-10-16(23)27-15-9-6-5-8-14(15)20/h5-6,8-9,12-13,17H,7,10-11H2,1-4H3,(H,21,24)(H,22,25)/t17-/m0/s1. The number of carbonyl (C=O) groups excluding carboxylic acids is 3. The first-order valence-corrected chi connectivity index (χ1v) is 9.28. The highest BCUT2D eigenvalue weighted by Crippen LogP contribution is 2.23. The molecular formula is C19H27ClN2O5. The van der Waals surface area contributed by atoms with Gasteiger partial charge in [-0.2, -0.15) is 0 Å². The van der Waals surface area contributed by atoms with Gasteiger partial charge in [0, 0.05) is 13.0 Å². The van der Waals surface area contributed by atoms with Crippen molar-refractivity contribution < 1.29 is 23.9 Å². The van der Waals surface area contributed by atoms with Gasteiger partial charge in [-0.25, -0.2) is 4.79 Å². The molecule has 7 nitrogen and oxygen atoms in total. The van der Waals surface area contributed by atoms with E-state index in [1.807, 2.05) is 13.8 Å². The Hall–Kier alpha value is -2.28. The molecule has 2 amide bonds. The first-order chi connectivity index (χ1) is 12.7. The summed E-state index contributed by atoms with van der Waals surface area (Å²) >= 11 is 5.93. The number of alkyl carbamates (subject to hydrolysis) is 1. The Balaban J connectivity index is 2.38. The van der Waals surface area contributed by atoms with Gasteiger partial charge in [0.15, 0.2) is 0 Å². The molecule has 8 heteroatoms. The zero-order valence-corrected chi connectivity index (χ0v) is 16.8. The number of esters is 1. The molecule has 0 fully saturated rings. The molecule has 1 aromatic carbocycles. The summed E-state index contributed by atoms with van der Waals surface area (Å²) < 4.78 is 10.2. The molecule has 2 N–H and O–H groups in total. The van der Waals surface area contributed by atoms with Crippen LogP contribution >= 0.6 is 11.6 Å². The quantitative estimate of drug-likeness (QED) is 0.378. The summed E-state index contributed by atoms with van der Waals surface area (Å²) in [5.74, 6) is -0.572. The van der Waals surface area contributed by atoms with Gasteiger partial charge in [0.25, 0.3) is 0 Å². The number of halogens is 1. The minimum atomic E-state index is -0.716. The lowest BCUT2D eigenvalue weighted by molar-refractivity contribution is -0.134. The summed E-state index contributed by atoms with van der Waals surface area (Å²) in [7, 11) is 0. The van der Waals surface area contributed by atoms with E-state index in [2.05, 4.69) is 10.6 Å². The van der Waals surface area contributed by atoms with Crippen molar-refractivity contribution in [2.75, 3.05) is 6.54 Å². The third kappa shape index (κ3) is 8.77. The number of nitrogens with one attached hydrogen (secondary N) is 2. The van der Waals surface area contributed by atoms with Crippen LogP contribution < -0.4 is 15.4 Å². The summed E-state index contributed by atoms with van der Waals surface area (Å²) in [5.41, 5.74) is 0. The van der Waals surface area contributed by atoms with Crippen LogP contribution in [0.2, 0.25) is 5.02 Å². The maximum absolute atomic E-state index is 12.3. The van der Waals surface area contributed by atoms with Gasteiger partial charge in [-0.3, -0.25) is 9.59 Å². The molecule has 0 unspecified atom stereocenters. The summed E-state index contributed by atoms with van der Waals surface area (Å²) in [6, 6.07) is 5.99. The van der Waals surface area contributed by atoms with E-state index in [-0.39, 0.29) is 30.9 Å². The van der Waals surface area contributed by atoms with Crippen molar-refractivity contribution in [1.29, 1.82) is 0 Å². The average Bonchev–Trinajstić information content (AvgIpc) is 2.57. The molecule has 0 aliphatic carbocycles. The Kier molecular flexibility index (Phi) is 9.64.